The zero-order chi connectivity index (χ0) is 14.3. The number of aryl methyl sites for hydroxylation is 3. The minimum Gasteiger partial charge on any atom is -0.465 e. The lowest BCUT2D eigenvalue weighted by atomic mass is 10.1. The Bertz CT molecular complexity index is 506. The SMILES string of the molecule is COC(=O)c1cccc(C)c1.Cc1ccc(C)cc1. The van der Waals surface area contributed by atoms with Crippen LogP contribution in [-0.4, -0.2) is 13.1 Å². The smallest absolute Gasteiger partial charge is 0.337 e. The highest BCUT2D eigenvalue weighted by molar-refractivity contribution is 5.89. The summed E-state index contributed by atoms with van der Waals surface area (Å²) in [6.45, 7) is 6.13. The minimum absolute atomic E-state index is 0.284. The van der Waals surface area contributed by atoms with Crippen LogP contribution in [0.3, 0.4) is 0 Å². The van der Waals surface area contributed by atoms with E-state index in [-0.39, 0.29) is 5.97 Å². The molecule has 0 atom stereocenters. The Morgan fingerprint density at radius 1 is 0.842 bits per heavy atom. The molecule has 2 aromatic rings. The second-order valence-electron chi connectivity index (χ2n) is 4.52. The molecule has 2 heteroatoms. The first-order valence-electron chi connectivity index (χ1n) is 6.21. The predicted octanol–water partition coefficient (Wildman–Crippen LogP) is 4.09. The van der Waals surface area contributed by atoms with Gasteiger partial charge in [0, 0.05) is 0 Å². The van der Waals surface area contributed by atoms with Crippen molar-refractivity contribution >= 4 is 5.97 Å². The molecule has 19 heavy (non-hydrogen) atoms. The van der Waals surface area contributed by atoms with Crippen LogP contribution in [0.25, 0.3) is 0 Å². The van der Waals surface area contributed by atoms with E-state index in [2.05, 4.69) is 42.8 Å². The summed E-state index contributed by atoms with van der Waals surface area (Å²) in [4.78, 5) is 10.9. The van der Waals surface area contributed by atoms with Crippen LogP contribution in [0.5, 0.6) is 0 Å². The third-order valence-corrected chi connectivity index (χ3v) is 2.66. The van der Waals surface area contributed by atoms with Crippen LogP contribution in [0.4, 0.5) is 0 Å². The van der Waals surface area contributed by atoms with E-state index in [1.807, 2.05) is 19.1 Å². The molecule has 0 saturated heterocycles. The van der Waals surface area contributed by atoms with Gasteiger partial charge in [-0.3, -0.25) is 0 Å². The van der Waals surface area contributed by atoms with Gasteiger partial charge >= 0.3 is 5.97 Å². The molecule has 0 amide bonds. The lowest BCUT2D eigenvalue weighted by molar-refractivity contribution is 0.0600. The molecule has 0 bridgehead atoms. The molecule has 0 aliphatic heterocycles. The molecule has 100 valence electrons. The van der Waals surface area contributed by atoms with E-state index in [9.17, 15) is 4.79 Å². The van der Waals surface area contributed by atoms with Gasteiger partial charge < -0.3 is 4.74 Å². The fraction of sp³-hybridized carbons (Fsp3) is 0.235. The van der Waals surface area contributed by atoms with Crippen molar-refractivity contribution in [2.24, 2.45) is 0 Å². The van der Waals surface area contributed by atoms with Gasteiger partial charge in [-0.25, -0.2) is 4.79 Å². The average Bonchev–Trinajstić information content (AvgIpc) is 2.42. The van der Waals surface area contributed by atoms with E-state index in [0.717, 1.165) is 5.56 Å². The first-order chi connectivity index (χ1) is 9.02. The van der Waals surface area contributed by atoms with Crippen LogP contribution in [0.2, 0.25) is 0 Å². The zero-order valence-corrected chi connectivity index (χ0v) is 11.9. The van der Waals surface area contributed by atoms with Crippen LogP contribution < -0.4 is 0 Å². The first kappa shape index (κ1) is 15.0. The van der Waals surface area contributed by atoms with E-state index in [0.29, 0.717) is 5.56 Å². The van der Waals surface area contributed by atoms with Gasteiger partial charge in [0.25, 0.3) is 0 Å². The van der Waals surface area contributed by atoms with Gasteiger partial charge in [0.15, 0.2) is 0 Å². The maximum atomic E-state index is 10.9. The summed E-state index contributed by atoms with van der Waals surface area (Å²) < 4.78 is 4.55. The van der Waals surface area contributed by atoms with Crippen molar-refractivity contribution in [3.63, 3.8) is 0 Å². The van der Waals surface area contributed by atoms with Crippen LogP contribution in [0, 0.1) is 20.8 Å². The van der Waals surface area contributed by atoms with Crippen molar-refractivity contribution in [1.82, 2.24) is 0 Å². The average molecular weight is 256 g/mol. The largest absolute Gasteiger partial charge is 0.465 e. The second kappa shape index (κ2) is 7.37. The van der Waals surface area contributed by atoms with Gasteiger partial charge in [-0.05, 0) is 32.9 Å². The molecule has 0 aliphatic rings. The minimum atomic E-state index is -0.284. The standard InChI is InChI=1S/C9H10O2.C8H10/c1-7-4-3-5-8(6-7)9(10)11-2;1-7-3-5-8(2)6-4-7/h3-6H,1-2H3;3-6H,1-2H3. The summed E-state index contributed by atoms with van der Waals surface area (Å²) in [5.74, 6) is -0.284. The molecule has 0 spiro atoms. The van der Waals surface area contributed by atoms with E-state index in [1.165, 1.54) is 18.2 Å². The lowest BCUT2D eigenvalue weighted by Crippen LogP contribution is -2.00. The summed E-state index contributed by atoms with van der Waals surface area (Å²) in [6.07, 6.45) is 0. The number of hydrogen-bond acceptors (Lipinski definition) is 2. The highest BCUT2D eigenvalue weighted by Gasteiger charge is 2.02. The Balaban J connectivity index is 0.000000200. The summed E-state index contributed by atoms with van der Waals surface area (Å²) in [6, 6.07) is 15.8. The van der Waals surface area contributed by atoms with E-state index in [1.54, 1.807) is 12.1 Å². The van der Waals surface area contributed by atoms with Crippen molar-refractivity contribution in [2.45, 2.75) is 20.8 Å². The maximum Gasteiger partial charge on any atom is 0.337 e. The Labute approximate surface area is 115 Å². The summed E-state index contributed by atoms with van der Waals surface area (Å²) in [5.41, 5.74) is 4.33. The topological polar surface area (TPSA) is 26.3 Å². The molecule has 2 rings (SSSR count). The molecule has 0 heterocycles. The molecule has 0 radical (unpaired) electrons. The Morgan fingerprint density at radius 2 is 1.37 bits per heavy atom. The third-order valence-electron chi connectivity index (χ3n) is 2.66. The van der Waals surface area contributed by atoms with E-state index in [4.69, 9.17) is 0 Å². The van der Waals surface area contributed by atoms with Crippen molar-refractivity contribution in [2.75, 3.05) is 7.11 Å². The van der Waals surface area contributed by atoms with Gasteiger partial charge in [-0.2, -0.15) is 0 Å². The monoisotopic (exact) mass is 256 g/mol. The first-order valence-corrected chi connectivity index (χ1v) is 6.21. The number of carbonyl (C=O) groups is 1. The second-order valence-corrected chi connectivity index (χ2v) is 4.52. The quantitative estimate of drug-likeness (QED) is 0.718. The highest BCUT2D eigenvalue weighted by Crippen LogP contribution is 2.04. The lowest BCUT2D eigenvalue weighted by Gasteiger charge is -1.98. The van der Waals surface area contributed by atoms with Crippen molar-refractivity contribution in [1.29, 1.82) is 0 Å². The molecule has 0 fully saturated rings. The van der Waals surface area contributed by atoms with Gasteiger partial charge in [-0.1, -0.05) is 53.1 Å². The normalized spacial score (nSPS) is 9.26. The van der Waals surface area contributed by atoms with Crippen LogP contribution >= 0.6 is 0 Å². The molecule has 0 N–H and O–H groups in total. The number of benzene rings is 2. The summed E-state index contributed by atoms with van der Waals surface area (Å²) in [5, 5.41) is 0. The van der Waals surface area contributed by atoms with Gasteiger partial charge in [0.2, 0.25) is 0 Å². The van der Waals surface area contributed by atoms with Crippen LogP contribution in [0.15, 0.2) is 48.5 Å². The Morgan fingerprint density at radius 3 is 1.79 bits per heavy atom. The van der Waals surface area contributed by atoms with Crippen molar-refractivity contribution in [3.8, 4) is 0 Å². The van der Waals surface area contributed by atoms with Gasteiger partial charge in [-0.15, -0.1) is 0 Å². The Hall–Kier alpha value is -2.09. The molecule has 0 aromatic heterocycles. The van der Waals surface area contributed by atoms with E-state index < -0.39 is 0 Å². The fourth-order valence-electron chi connectivity index (χ4n) is 1.53. The number of carbonyl (C=O) groups excluding carboxylic acids is 1. The fourth-order valence-corrected chi connectivity index (χ4v) is 1.53. The maximum absolute atomic E-state index is 10.9. The molecule has 0 saturated carbocycles. The molecule has 2 aromatic carbocycles. The highest BCUT2D eigenvalue weighted by atomic mass is 16.5. The molecule has 0 unspecified atom stereocenters. The number of esters is 1. The van der Waals surface area contributed by atoms with E-state index >= 15 is 0 Å². The number of methoxy groups -OCH3 is 1. The van der Waals surface area contributed by atoms with Crippen LogP contribution in [0.1, 0.15) is 27.0 Å². The van der Waals surface area contributed by atoms with Gasteiger partial charge in [0.1, 0.15) is 0 Å². The predicted molar refractivity (Wildman–Crippen MR) is 78.4 cm³/mol. The van der Waals surface area contributed by atoms with Crippen molar-refractivity contribution < 1.29 is 9.53 Å². The molecular formula is C17H20O2. The Kier molecular flexibility index (Phi) is 5.80. The summed E-state index contributed by atoms with van der Waals surface area (Å²) in [7, 11) is 1.38. The molecule has 2 nitrogen and oxygen atoms in total. The number of rotatable bonds is 1. The van der Waals surface area contributed by atoms with Crippen molar-refractivity contribution in [3.05, 3.63) is 70.8 Å². The van der Waals surface area contributed by atoms with Gasteiger partial charge in [0.05, 0.1) is 12.7 Å². The third kappa shape index (κ3) is 5.38. The zero-order valence-electron chi connectivity index (χ0n) is 11.9. The number of hydrogen-bond donors (Lipinski definition) is 0. The van der Waals surface area contributed by atoms with Crippen LogP contribution in [-0.2, 0) is 4.74 Å². The molecule has 0 aliphatic carbocycles. The summed E-state index contributed by atoms with van der Waals surface area (Å²) >= 11 is 0. The molecular weight excluding hydrogens is 236 g/mol. The number of ether oxygens (including phenoxy) is 1.